The zero-order valence-corrected chi connectivity index (χ0v) is 13.2. The van der Waals surface area contributed by atoms with Gasteiger partial charge in [-0.25, -0.2) is 4.98 Å². The summed E-state index contributed by atoms with van der Waals surface area (Å²) in [5, 5.41) is 4.60. The van der Waals surface area contributed by atoms with E-state index in [-0.39, 0.29) is 0 Å². The number of hydrogen-bond acceptors (Lipinski definition) is 3. The van der Waals surface area contributed by atoms with Crippen molar-refractivity contribution in [2.24, 2.45) is 0 Å². The topological polar surface area (TPSA) is 24.9 Å². The normalized spacial score (nSPS) is 12.7. The summed E-state index contributed by atoms with van der Waals surface area (Å²) < 4.78 is 0. The minimum Gasteiger partial charge on any atom is -0.310 e. The van der Waals surface area contributed by atoms with Gasteiger partial charge in [-0.1, -0.05) is 24.6 Å². The maximum Gasteiger partial charge on any atom is 0.124 e. The Morgan fingerprint density at radius 1 is 1.26 bits per heavy atom. The Morgan fingerprint density at radius 3 is 2.68 bits per heavy atom. The molecular formula is C16H22N2S. The first-order valence-electron chi connectivity index (χ1n) is 6.81. The molecule has 0 spiro atoms. The molecule has 0 aliphatic rings. The molecule has 2 nitrogen and oxygen atoms in total. The molecule has 0 saturated heterocycles. The second-order valence-electron chi connectivity index (χ2n) is 5.07. The first-order chi connectivity index (χ1) is 9.02. The zero-order chi connectivity index (χ0) is 14.0. The van der Waals surface area contributed by atoms with Crippen LogP contribution in [0.3, 0.4) is 0 Å². The van der Waals surface area contributed by atoms with E-state index < -0.39 is 0 Å². The van der Waals surface area contributed by atoms with Crippen molar-refractivity contribution in [3.8, 4) is 10.6 Å². The summed E-state index contributed by atoms with van der Waals surface area (Å²) in [6.07, 6.45) is 0. The Kier molecular flexibility index (Phi) is 4.38. The van der Waals surface area contributed by atoms with Gasteiger partial charge in [0.25, 0.3) is 0 Å². The Bertz CT molecular complexity index is 572. The molecule has 2 rings (SSSR count). The zero-order valence-electron chi connectivity index (χ0n) is 12.4. The standard InChI is InChI=1S/C16H22N2S/c1-6-17-12(4)15-13(5)18-16(19-15)14-9-10(2)7-8-11(14)3/h7-9,12,17H,6H2,1-5H3. The van der Waals surface area contributed by atoms with Crippen molar-refractivity contribution >= 4 is 11.3 Å². The molecule has 0 radical (unpaired) electrons. The van der Waals surface area contributed by atoms with Crippen LogP contribution < -0.4 is 5.32 Å². The minimum absolute atomic E-state index is 0.376. The van der Waals surface area contributed by atoms with E-state index in [4.69, 9.17) is 4.98 Å². The van der Waals surface area contributed by atoms with Crippen LogP contribution in [0, 0.1) is 20.8 Å². The Hall–Kier alpha value is -1.19. The molecule has 0 bridgehead atoms. The van der Waals surface area contributed by atoms with E-state index in [1.165, 1.54) is 21.6 Å². The molecule has 0 fully saturated rings. The van der Waals surface area contributed by atoms with Gasteiger partial charge in [0.1, 0.15) is 5.01 Å². The first-order valence-corrected chi connectivity index (χ1v) is 7.63. The summed E-state index contributed by atoms with van der Waals surface area (Å²) in [7, 11) is 0. The Labute approximate surface area is 119 Å². The molecule has 1 unspecified atom stereocenters. The highest BCUT2D eigenvalue weighted by Gasteiger charge is 2.15. The second-order valence-corrected chi connectivity index (χ2v) is 6.10. The molecule has 0 aliphatic carbocycles. The quantitative estimate of drug-likeness (QED) is 0.893. The monoisotopic (exact) mass is 274 g/mol. The van der Waals surface area contributed by atoms with Gasteiger partial charge in [-0.15, -0.1) is 11.3 Å². The van der Waals surface area contributed by atoms with Crippen molar-refractivity contribution < 1.29 is 0 Å². The van der Waals surface area contributed by atoms with Gasteiger partial charge in [0.05, 0.1) is 5.69 Å². The summed E-state index contributed by atoms with van der Waals surface area (Å²) in [6, 6.07) is 6.94. The highest BCUT2D eigenvalue weighted by atomic mass is 32.1. The van der Waals surface area contributed by atoms with Crippen LogP contribution in [-0.2, 0) is 0 Å². The fourth-order valence-electron chi connectivity index (χ4n) is 2.29. The fraction of sp³-hybridized carbons (Fsp3) is 0.438. The Morgan fingerprint density at radius 2 is 2.00 bits per heavy atom. The molecule has 1 N–H and O–H groups in total. The van der Waals surface area contributed by atoms with Crippen LogP contribution in [0.25, 0.3) is 10.6 Å². The first kappa shape index (κ1) is 14.2. The number of nitrogens with zero attached hydrogens (tertiary/aromatic N) is 1. The molecule has 19 heavy (non-hydrogen) atoms. The number of benzene rings is 1. The van der Waals surface area contributed by atoms with E-state index in [9.17, 15) is 0 Å². The van der Waals surface area contributed by atoms with Crippen molar-refractivity contribution in [1.29, 1.82) is 0 Å². The van der Waals surface area contributed by atoms with E-state index in [1.807, 2.05) is 11.3 Å². The van der Waals surface area contributed by atoms with E-state index in [1.54, 1.807) is 0 Å². The molecule has 102 valence electrons. The molecule has 0 aliphatic heterocycles. The van der Waals surface area contributed by atoms with E-state index in [0.717, 1.165) is 17.2 Å². The summed E-state index contributed by atoms with van der Waals surface area (Å²) in [5.74, 6) is 0. The number of hydrogen-bond donors (Lipinski definition) is 1. The van der Waals surface area contributed by atoms with Gasteiger partial charge in [-0.3, -0.25) is 0 Å². The van der Waals surface area contributed by atoms with Gasteiger partial charge < -0.3 is 5.32 Å². The SMILES string of the molecule is CCNC(C)c1sc(-c2cc(C)ccc2C)nc1C. The lowest BCUT2D eigenvalue weighted by molar-refractivity contribution is 0.603. The van der Waals surface area contributed by atoms with Gasteiger partial charge >= 0.3 is 0 Å². The third-order valence-electron chi connectivity index (χ3n) is 3.36. The summed E-state index contributed by atoms with van der Waals surface area (Å²) in [5.41, 5.74) is 4.99. The van der Waals surface area contributed by atoms with Crippen molar-refractivity contribution in [3.63, 3.8) is 0 Å². The third kappa shape index (κ3) is 3.04. The average Bonchev–Trinajstić information content (AvgIpc) is 2.74. The lowest BCUT2D eigenvalue weighted by Crippen LogP contribution is -2.17. The predicted octanol–water partition coefficient (Wildman–Crippen LogP) is 4.41. The number of nitrogens with one attached hydrogen (secondary N) is 1. The summed E-state index contributed by atoms with van der Waals surface area (Å²) >= 11 is 1.81. The van der Waals surface area contributed by atoms with Gasteiger partial charge in [-0.2, -0.15) is 0 Å². The molecule has 2 aromatic rings. The fourth-order valence-corrected chi connectivity index (χ4v) is 3.46. The smallest absolute Gasteiger partial charge is 0.124 e. The number of rotatable bonds is 4. The lowest BCUT2D eigenvalue weighted by Gasteiger charge is -2.10. The molecule has 1 heterocycles. The van der Waals surface area contributed by atoms with Crippen molar-refractivity contribution in [2.75, 3.05) is 6.54 Å². The molecule has 0 amide bonds. The van der Waals surface area contributed by atoms with E-state index >= 15 is 0 Å². The van der Waals surface area contributed by atoms with Crippen LogP contribution in [0.4, 0.5) is 0 Å². The van der Waals surface area contributed by atoms with Crippen molar-refractivity contribution in [2.45, 2.75) is 40.7 Å². The van der Waals surface area contributed by atoms with Gasteiger partial charge in [0, 0.05) is 16.5 Å². The number of aryl methyl sites for hydroxylation is 3. The van der Waals surface area contributed by atoms with Crippen molar-refractivity contribution in [3.05, 3.63) is 39.9 Å². The molecule has 1 atom stereocenters. The number of aromatic nitrogens is 1. The molecule has 3 heteroatoms. The van der Waals surface area contributed by atoms with Crippen LogP contribution in [-0.4, -0.2) is 11.5 Å². The largest absolute Gasteiger partial charge is 0.310 e. The van der Waals surface area contributed by atoms with Gasteiger partial charge in [0.15, 0.2) is 0 Å². The van der Waals surface area contributed by atoms with Gasteiger partial charge in [0.2, 0.25) is 0 Å². The minimum atomic E-state index is 0.376. The molecule has 0 saturated carbocycles. The second kappa shape index (κ2) is 5.85. The van der Waals surface area contributed by atoms with Crippen LogP contribution in [0.2, 0.25) is 0 Å². The van der Waals surface area contributed by atoms with Crippen molar-refractivity contribution in [1.82, 2.24) is 10.3 Å². The molecule has 1 aromatic heterocycles. The van der Waals surface area contributed by atoms with Crippen LogP contribution in [0.5, 0.6) is 0 Å². The third-order valence-corrected chi connectivity index (χ3v) is 4.73. The van der Waals surface area contributed by atoms with Crippen LogP contribution in [0.1, 0.15) is 41.6 Å². The average molecular weight is 274 g/mol. The maximum atomic E-state index is 4.76. The maximum absolute atomic E-state index is 4.76. The summed E-state index contributed by atoms with van der Waals surface area (Å²) in [6.45, 7) is 11.7. The molecule has 1 aromatic carbocycles. The van der Waals surface area contributed by atoms with Crippen LogP contribution in [0.15, 0.2) is 18.2 Å². The Balaban J connectivity index is 2.41. The predicted molar refractivity (Wildman–Crippen MR) is 83.9 cm³/mol. The number of thiazole rings is 1. The van der Waals surface area contributed by atoms with Gasteiger partial charge in [-0.05, 0) is 45.9 Å². The van der Waals surface area contributed by atoms with E-state index in [0.29, 0.717) is 6.04 Å². The van der Waals surface area contributed by atoms with Crippen LogP contribution >= 0.6 is 11.3 Å². The lowest BCUT2D eigenvalue weighted by atomic mass is 10.1. The molecular weight excluding hydrogens is 252 g/mol. The summed E-state index contributed by atoms with van der Waals surface area (Å²) in [4.78, 5) is 6.11. The highest BCUT2D eigenvalue weighted by molar-refractivity contribution is 7.15. The highest BCUT2D eigenvalue weighted by Crippen LogP contribution is 2.33. The van der Waals surface area contributed by atoms with E-state index in [2.05, 4.69) is 58.1 Å².